The van der Waals surface area contributed by atoms with Crippen LogP contribution in [0.3, 0.4) is 0 Å². The standard InChI is InChI=1S/C13H20N4O2/c1-10-5-12(13(18)19-10)16-4-2-3-11(6-16)7-17-9-14-8-15-17/h8-12H,2-7H2,1H3. The Balaban J connectivity index is 1.60. The van der Waals surface area contributed by atoms with Crippen LogP contribution < -0.4 is 0 Å². The average molecular weight is 264 g/mol. The minimum atomic E-state index is -0.0473. The van der Waals surface area contributed by atoms with Gasteiger partial charge in [-0.25, -0.2) is 4.98 Å². The second-order valence-electron chi connectivity index (χ2n) is 5.62. The van der Waals surface area contributed by atoms with Gasteiger partial charge in [0.2, 0.25) is 0 Å². The van der Waals surface area contributed by atoms with Gasteiger partial charge in [0.25, 0.3) is 0 Å². The number of ether oxygens (including phenoxy) is 1. The first-order valence-electron chi connectivity index (χ1n) is 6.99. The molecule has 0 N–H and O–H groups in total. The molecule has 0 amide bonds. The van der Waals surface area contributed by atoms with Crippen molar-refractivity contribution in [3.63, 3.8) is 0 Å². The SMILES string of the molecule is CC1CC(N2CCCC(Cn3cncn3)C2)C(=O)O1. The largest absolute Gasteiger partial charge is 0.461 e. The van der Waals surface area contributed by atoms with Crippen LogP contribution in [-0.4, -0.2) is 50.9 Å². The monoisotopic (exact) mass is 264 g/mol. The van der Waals surface area contributed by atoms with Gasteiger partial charge in [-0.2, -0.15) is 5.10 Å². The maximum Gasteiger partial charge on any atom is 0.323 e. The molecule has 6 nitrogen and oxygen atoms in total. The highest BCUT2D eigenvalue weighted by Crippen LogP contribution is 2.26. The van der Waals surface area contributed by atoms with E-state index >= 15 is 0 Å². The molecule has 0 aromatic carbocycles. The summed E-state index contributed by atoms with van der Waals surface area (Å²) < 4.78 is 7.14. The molecule has 0 radical (unpaired) electrons. The number of likely N-dealkylation sites (tertiary alicyclic amines) is 1. The number of piperidine rings is 1. The minimum Gasteiger partial charge on any atom is -0.461 e. The highest BCUT2D eigenvalue weighted by molar-refractivity contribution is 5.78. The van der Waals surface area contributed by atoms with Gasteiger partial charge in [-0.1, -0.05) is 0 Å². The number of hydrogen-bond acceptors (Lipinski definition) is 5. The molecule has 1 aromatic rings. The molecule has 6 heteroatoms. The van der Waals surface area contributed by atoms with E-state index in [1.807, 2.05) is 11.6 Å². The summed E-state index contributed by atoms with van der Waals surface area (Å²) >= 11 is 0. The Labute approximate surface area is 112 Å². The number of nitrogens with zero attached hydrogens (tertiary/aromatic N) is 4. The molecule has 1 aromatic heterocycles. The van der Waals surface area contributed by atoms with Crippen molar-refractivity contribution in [1.29, 1.82) is 0 Å². The van der Waals surface area contributed by atoms with Crippen molar-refractivity contribution in [2.24, 2.45) is 5.92 Å². The van der Waals surface area contributed by atoms with Gasteiger partial charge < -0.3 is 4.74 Å². The summed E-state index contributed by atoms with van der Waals surface area (Å²) in [5.41, 5.74) is 0. The van der Waals surface area contributed by atoms with Crippen molar-refractivity contribution in [1.82, 2.24) is 19.7 Å². The molecular weight excluding hydrogens is 244 g/mol. The Kier molecular flexibility index (Phi) is 3.50. The zero-order chi connectivity index (χ0) is 13.2. The Morgan fingerprint density at radius 3 is 3.11 bits per heavy atom. The van der Waals surface area contributed by atoms with Crippen LogP contribution >= 0.6 is 0 Å². The summed E-state index contributed by atoms with van der Waals surface area (Å²) in [6.45, 7) is 4.80. The summed E-state index contributed by atoms with van der Waals surface area (Å²) in [6, 6.07) is -0.0338. The maximum atomic E-state index is 11.8. The average Bonchev–Trinajstić information content (AvgIpc) is 2.99. The number of carbonyl (C=O) groups is 1. The lowest BCUT2D eigenvalue weighted by atomic mass is 9.96. The van der Waals surface area contributed by atoms with Crippen molar-refractivity contribution in [3.8, 4) is 0 Å². The van der Waals surface area contributed by atoms with Gasteiger partial charge in [0.05, 0.1) is 0 Å². The summed E-state index contributed by atoms with van der Waals surface area (Å²) in [5.74, 6) is 0.494. The molecule has 0 bridgehead atoms. The van der Waals surface area contributed by atoms with E-state index in [9.17, 15) is 4.79 Å². The lowest BCUT2D eigenvalue weighted by Crippen LogP contribution is -2.45. The molecule has 2 aliphatic rings. The normalized spacial score (nSPS) is 32.5. The predicted octanol–water partition coefficient (Wildman–Crippen LogP) is 0.694. The van der Waals surface area contributed by atoms with E-state index in [1.54, 1.807) is 12.7 Å². The van der Waals surface area contributed by atoms with Crippen molar-refractivity contribution < 1.29 is 9.53 Å². The van der Waals surface area contributed by atoms with Gasteiger partial charge in [0.1, 0.15) is 24.8 Å². The highest BCUT2D eigenvalue weighted by atomic mass is 16.6. The Morgan fingerprint density at radius 2 is 2.42 bits per heavy atom. The molecule has 2 saturated heterocycles. The first kappa shape index (κ1) is 12.6. The number of cyclic esters (lactones) is 1. The van der Waals surface area contributed by atoms with Crippen molar-refractivity contribution in [2.45, 2.75) is 44.9 Å². The quantitative estimate of drug-likeness (QED) is 0.752. The molecular formula is C13H20N4O2. The zero-order valence-corrected chi connectivity index (χ0v) is 11.2. The Morgan fingerprint density at radius 1 is 1.53 bits per heavy atom. The van der Waals surface area contributed by atoms with Gasteiger partial charge in [-0.3, -0.25) is 14.4 Å². The van der Waals surface area contributed by atoms with Gasteiger partial charge in [-0.15, -0.1) is 0 Å². The van der Waals surface area contributed by atoms with Crippen LogP contribution in [0.5, 0.6) is 0 Å². The van der Waals surface area contributed by atoms with Crippen molar-refractivity contribution in [3.05, 3.63) is 12.7 Å². The van der Waals surface area contributed by atoms with E-state index in [1.165, 1.54) is 6.42 Å². The molecule has 2 aliphatic heterocycles. The van der Waals surface area contributed by atoms with Gasteiger partial charge in [-0.05, 0) is 32.2 Å². The number of hydrogen-bond donors (Lipinski definition) is 0. The molecule has 3 unspecified atom stereocenters. The number of aromatic nitrogens is 3. The smallest absolute Gasteiger partial charge is 0.323 e. The van der Waals surface area contributed by atoms with E-state index in [0.717, 1.165) is 32.5 Å². The molecule has 19 heavy (non-hydrogen) atoms. The van der Waals surface area contributed by atoms with E-state index in [4.69, 9.17) is 4.74 Å². The topological polar surface area (TPSA) is 60.2 Å². The fraction of sp³-hybridized carbons (Fsp3) is 0.769. The van der Waals surface area contributed by atoms with Crippen LogP contribution in [0.2, 0.25) is 0 Å². The molecule has 0 aliphatic carbocycles. The summed E-state index contributed by atoms with van der Waals surface area (Å²) in [5, 5.41) is 4.16. The molecule has 0 saturated carbocycles. The van der Waals surface area contributed by atoms with Crippen LogP contribution in [0.1, 0.15) is 26.2 Å². The van der Waals surface area contributed by atoms with Gasteiger partial charge in [0, 0.05) is 19.5 Å². The molecule has 3 heterocycles. The van der Waals surface area contributed by atoms with Crippen molar-refractivity contribution >= 4 is 5.97 Å². The van der Waals surface area contributed by atoms with Gasteiger partial charge in [0.15, 0.2) is 0 Å². The second-order valence-corrected chi connectivity index (χ2v) is 5.62. The molecule has 104 valence electrons. The first-order valence-corrected chi connectivity index (χ1v) is 6.99. The second kappa shape index (κ2) is 5.28. The Hall–Kier alpha value is -1.43. The van der Waals surface area contributed by atoms with E-state index in [-0.39, 0.29) is 18.1 Å². The van der Waals surface area contributed by atoms with Crippen molar-refractivity contribution in [2.75, 3.05) is 13.1 Å². The molecule has 3 atom stereocenters. The number of carbonyl (C=O) groups excluding carboxylic acids is 1. The fourth-order valence-corrected chi connectivity index (χ4v) is 3.15. The van der Waals surface area contributed by atoms with Crippen LogP contribution in [0.25, 0.3) is 0 Å². The number of esters is 1. The summed E-state index contributed by atoms with van der Waals surface area (Å²) in [7, 11) is 0. The summed E-state index contributed by atoms with van der Waals surface area (Å²) in [4.78, 5) is 18.1. The highest BCUT2D eigenvalue weighted by Gasteiger charge is 2.38. The van der Waals surface area contributed by atoms with Gasteiger partial charge >= 0.3 is 5.97 Å². The first-order chi connectivity index (χ1) is 9.22. The maximum absolute atomic E-state index is 11.8. The fourth-order valence-electron chi connectivity index (χ4n) is 3.15. The van der Waals surface area contributed by atoms with Crippen LogP contribution in [0.15, 0.2) is 12.7 Å². The number of rotatable bonds is 3. The lowest BCUT2D eigenvalue weighted by molar-refractivity contribution is -0.145. The zero-order valence-electron chi connectivity index (χ0n) is 11.2. The summed E-state index contributed by atoms with van der Waals surface area (Å²) in [6.07, 6.45) is 6.54. The van der Waals surface area contributed by atoms with E-state index in [2.05, 4.69) is 15.0 Å². The Bertz CT molecular complexity index is 434. The molecule has 0 spiro atoms. The third kappa shape index (κ3) is 2.78. The lowest BCUT2D eigenvalue weighted by Gasteiger charge is -2.34. The third-order valence-corrected chi connectivity index (χ3v) is 4.05. The van der Waals surface area contributed by atoms with Crippen LogP contribution in [-0.2, 0) is 16.1 Å². The third-order valence-electron chi connectivity index (χ3n) is 4.05. The molecule has 2 fully saturated rings. The van der Waals surface area contributed by atoms with E-state index in [0.29, 0.717) is 5.92 Å². The minimum absolute atomic E-state index is 0.0338. The molecule has 3 rings (SSSR count). The van der Waals surface area contributed by atoms with Crippen LogP contribution in [0.4, 0.5) is 0 Å². The predicted molar refractivity (Wildman–Crippen MR) is 68.3 cm³/mol. The van der Waals surface area contributed by atoms with Crippen LogP contribution in [0, 0.1) is 5.92 Å². The van der Waals surface area contributed by atoms with E-state index < -0.39 is 0 Å².